The Morgan fingerprint density at radius 2 is 1.78 bits per heavy atom. The minimum atomic E-state index is -0.327. The number of nitrogens with one attached hydrogen (secondary N) is 1. The molecule has 0 spiro atoms. The number of carbonyl (C=O) groups is 1. The van der Waals surface area contributed by atoms with Crippen LogP contribution in [0.3, 0.4) is 0 Å². The summed E-state index contributed by atoms with van der Waals surface area (Å²) in [6, 6.07) is 19.7. The van der Waals surface area contributed by atoms with Gasteiger partial charge in [0.2, 0.25) is 0 Å². The van der Waals surface area contributed by atoms with Crippen molar-refractivity contribution in [2.75, 3.05) is 12.4 Å². The zero-order chi connectivity index (χ0) is 19.2. The largest absolute Gasteiger partial charge is 0.491 e. The lowest BCUT2D eigenvalue weighted by atomic mass is 10.1. The molecule has 3 aromatic rings. The van der Waals surface area contributed by atoms with Gasteiger partial charge in [0, 0.05) is 16.3 Å². The van der Waals surface area contributed by atoms with E-state index >= 15 is 0 Å². The maximum atomic E-state index is 12.6. The van der Waals surface area contributed by atoms with Gasteiger partial charge in [0.25, 0.3) is 5.91 Å². The molecule has 138 valence electrons. The quantitative estimate of drug-likeness (QED) is 0.564. The molecule has 0 aliphatic rings. The first-order valence-corrected chi connectivity index (χ1v) is 8.93. The number of amides is 1. The molecule has 0 bridgehead atoms. The summed E-state index contributed by atoms with van der Waals surface area (Å²) in [4.78, 5) is 12.6. The van der Waals surface area contributed by atoms with Gasteiger partial charge in [0.05, 0.1) is 12.1 Å². The average molecular weight is 402 g/mol. The van der Waals surface area contributed by atoms with Crippen LogP contribution in [0.2, 0.25) is 10.0 Å². The van der Waals surface area contributed by atoms with Crippen molar-refractivity contribution in [3.8, 4) is 11.5 Å². The Hall–Kier alpha value is -2.69. The molecule has 0 heterocycles. The van der Waals surface area contributed by atoms with Crippen molar-refractivity contribution in [3.05, 3.63) is 87.9 Å². The van der Waals surface area contributed by atoms with Crippen molar-refractivity contribution in [1.29, 1.82) is 0 Å². The van der Waals surface area contributed by atoms with Crippen molar-refractivity contribution in [1.82, 2.24) is 0 Å². The van der Waals surface area contributed by atoms with E-state index in [0.29, 0.717) is 39.4 Å². The third-order valence-electron chi connectivity index (χ3n) is 3.80. The first-order chi connectivity index (χ1) is 13.1. The molecular formula is C21H17Cl2NO3. The summed E-state index contributed by atoms with van der Waals surface area (Å²) >= 11 is 12.2. The van der Waals surface area contributed by atoms with E-state index < -0.39 is 0 Å². The molecule has 0 unspecified atom stereocenters. The molecule has 3 aromatic carbocycles. The van der Waals surface area contributed by atoms with Gasteiger partial charge in [-0.25, -0.2) is 0 Å². The van der Waals surface area contributed by atoms with Crippen LogP contribution in [0.5, 0.6) is 11.5 Å². The van der Waals surface area contributed by atoms with Crippen LogP contribution in [0.4, 0.5) is 5.69 Å². The van der Waals surface area contributed by atoms with Crippen molar-refractivity contribution >= 4 is 34.8 Å². The van der Waals surface area contributed by atoms with Crippen molar-refractivity contribution in [3.63, 3.8) is 0 Å². The van der Waals surface area contributed by atoms with Crippen LogP contribution < -0.4 is 14.8 Å². The normalized spacial score (nSPS) is 10.3. The molecule has 3 rings (SSSR count). The van der Waals surface area contributed by atoms with Gasteiger partial charge in [0.15, 0.2) is 11.5 Å². The highest BCUT2D eigenvalue weighted by atomic mass is 35.5. The molecule has 0 radical (unpaired) electrons. The van der Waals surface area contributed by atoms with E-state index in [1.165, 1.54) is 13.2 Å². The van der Waals surface area contributed by atoms with Gasteiger partial charge in [-0.3, -0.25) is 4.79 Å². The molecule has 0 fully saturated rings. The SMILES string of the molecule is COc1c(Cl)cc(C(=O)Nc2cccc(Cl)c2)cc1OCc1ccccc1. The summed E-state index contributed by atoms with van der Waals surface area (Å²) < 4.78 is 11.2. The number of halogens is 2. The summed E-state index contributed by atoms with van der Waals surface area (Å²) in [5.74, 6) is 0.448. The third-order valence-corrected chi connectivity index (χ3v) is 4.31. The Labute approximate surface area is 167 Å². The van der Waals surface area contributed by atoms with Crippen LogP contribution in [0, 0.1) is 0 Å². The van der Waals surface area contributed by atoms with Gasteiger partial charge < -0.3 is 14.8 Å². The predicted octanol–water partition coefficient (Wildman–Crippen LogP) is 5.83. The van der Waals surface area contributed by atoms with Crippen LogP contribution in [-0.4, -0.2) is 13.0 Å². The molecule has 27 heavy (non-hydrogen) atoms. The molecule has 1 amide bonds. The second kappa shape index (κ2) is 8.80. The Balaban J connectivity index is 1.83. The topological polar surface area (TPSA) is 47.6 Å². The number of benzene rings is 3. The van der Waals surface area contributed by atoms with E-state index in [1.807, 2.05) is 30.3 Å². The van der Waals surface area contributed by atoms with E-state index in [9.17, 15) is 4.79 Å². The zero-order valence-corrected chi connectivity index (χ0v) is 16.1. The summed E-state index contributed by atoms with van der Waals surface area (Å²) in [7, 11) is 1.50. The van der Waals surface area contributed by atoms with E-state index in [4.69, 9.17) is 32.7 Å². The summed E-state index contributed by atoms with van der Waals surface area (Å²) in [5, 5.41) is 3.61. The van der Waals surface area contributed by atoms with Crippen molar-refractivity contribution < 1.29 is 14.3 Å². The first-order valence-electron chi connectivity index (χ1n) is 8.18. The van der Waals surface area contributed by atoms with Gasteiger partial charge in [-0.2, -0.15) is 0 Å². The molecule has 0 atom stereocenters. The Bertz CT molecular complexity index is 945. The standard InChI is InChI=1S/C21H17Cl2NO3/c1-26-20-18(23)10-15(21(25)24-17-9-5-8-16(22)12-17)11-19(20)27-13-14-6-3-2-4-7-14/h2-12H,13H2,1H3,(H,24,25). The van der Waals surface area contributed by atoms with Crippen LogP contribution in [0.1, 0.15) is 15.9 Å². The van der Waals surface area contributed by atoms with E-state index in [1.54, 1.807) is 30.3 Å². The Kier molecular flexibility index (Phi) is 6.22. The van der Waals surface area contributed by atoms with Crippen molar-refractivity contribution in [2.45, 2.75) is 6.61 Å². The molecule has 0 saturated heterocycles. The fourth-order valence-corrected chi connectivity index (χ4v) is 2.99. The van der Waals surface area contributed by atoms with Gasteiger partial charge in [-0.1, -0.05) is 59.6 Å². The smallest absolute Gasteiger partial charge is 0.255 e. The number of anilines is 1. The fourth-order valence-electron chi connectivity index (χ4n) is 2.51. The number of hydrogen-bond donors (Lipinski definition) is 1. The molecular weight excluding hydrogens is 385 g/mol. The van der Waals surface area contributed by atoms with E-state index in [0.717, 1.165) is 5.56 Å². The van der Waals surface area contributed by atoms with Gasteiger partial charge >= 0.3 is 0 Å². The number of methoxy groups -OCH3 is 1. The van der Waals surface area contributed by atoms with E-state index in [-0.39, 0.29) is 5.91 Å². The van der Waals surface area contributed by atoms with Crippen LogP contribution >= 0.6 is 23.2 Å². The Morgan fingerprint density at radius 1 is 1.00 bits per heavy atom. The third kappa shape index (κ3) is 4.94. The van der Waals surface area contributed by atoms with Crippen LogP contribution in [0.15, 0.2) is 66.7 Å². The molecule has 0 aliphatic carbocycles. The second-order valence-electron chi connectivity index (χ2n) is 5.73. The molecule has 0 aromatic heterocycles. The lowest BCUT2D eigenvalue weighted by Crippen LogP contribution is -2.12. The number of carbonyl (C=O) groups excluding carboxylic acids is 1. The van der Waals surface area contributed by atoms with Crippen LogP contribution in [0.25, 0.3) is 0 Å². The first kappa shape index (κ1) is 19.1. The van der Waals surface area contributed by atoms with E-state index in [2.05, 4.69) is 5.32 Å². The summed E-state index contributed by atoms with van der Waals surface area (Å²) in [6.07, 6.45) is 0. The minimum absolute atomic E-state index is 0.291. The maximum absolute atomic E-state index is 12.6. The van der Waals surface area contributed by atoms with Crippen molar-refractivity contribution in [2.24, 2.45) is 0 Å². The van der Waals surface area contributed by atoms with Crippen LogP contribution in [-0.2, 0) is 6.61 Å². The van der Waals surface area contributed by atoms with Gasteiger partial charge in [0.1, 0.15) is 6.61 Å². The number of rotatable bonds is 6. The minimum Gasteiger partial charge on any atom is -0.491 e. The average Bonchev–Trinajstić information content (AvgIpc) is 2.66. The molecule has 6 heteroatoms. The van der Waals surface area contributed by atoms with Gasteiger partial charge in [-0.05, 0) is 35.9 Å². The summed E-state index contributed by atoms with van der Waals surface area (Å²) in [5.41, 5.74) is 1.93. The fraction of sp³-hybridized carbons (Fsp3) is 0.0952. The highest BCUT2D eigenvalue weighted by Crippen LogP contribution is 2.37. The Morgan fingerprint density at radius 3 is 2.48 bits per heavy atom. The molecule has 1 N–H and O–H groups in total. The molecule has 0 aliphatic heterocycles. The predicted molar refractivity (Wildman–Crippen MR) is 108 cm³/mol. The lowest BCUT2D eigenvalue weighted by molar-refractivity contribution is 0.102. The van der Waals surface area contributed by atoms with Gasteiger partial charge in [-0.15, -0.1) is 0 Å². The molecule has 0 saturated carbocycles. The number of ether oxygens (including phenoxy) is 2. The summed E-state index contributed by atoms with van der Waals surface area (Å²) in [6.45, 7) is 0.326. The highest BCUT2D eigenvalue weighted by molar-refractivity contribution is 6.33. The lowest BCUT2D eigenvalue weighted by Gasteiger charge is -2.14. The monoisotopic (exact) mass is 401 g/mol. The zero-order valence-electron chi connectivity index (χ0n) is 14.5. The highest BCUT2D eigenvalue weighted by Gasteiger charge is 2.16. The molecule has 4 nitrogen and oxygen atoms in total. The second-order valence-corrected chi connectivity index (χ2v) is 6.57. The number of hydrogen-bond acceptors (Lipinski definition) is 3. The maximum Gasteiger partial charge on any atom is 0.255 e.